The van der Waals surface area contributed by atoms with E-state index in [1.165, 1.54) is 6.07 Å². The summed E-state index contributed by atoms with van der Waals surface area (Å²) in [5.74, 6) is -2.03. The molecule has 2 atom stereocenters. The minimum absolute atomic E-state index is 0.363. The van der Waals surface area contributed by atoms with Crippen LogP contribution >= 0.6 is 15.9 Å². The predicted octanol–water partition coefficient (Wildman–Crippen LogP) is 3.60. The van der Waals surface area contributed by atoms with Gasteiger partial charge in [0.1, 0.15) is 17.5 Å². The number of ether oxygens (including phenoxy) is 1. The van der Waals surface area contributed by atoms with Gasteiger partial charge in [0.15, 0.2) is 0 Å². The predicted molar refractivity (Wildman–Crippen MR) is 86.0 cm³/mol. The topological polar surface area (TPSA) is 75.6 Å². The molecule has 126 valence electrons. The molecule has 0 radical (unpaired) electrons. The van der Waals surface area contributed by atoms with Crippen LogP contribution < -0.4 is 5.32 Å². The number of carbonyl (C=O) groups excluding carboxylic acids is 1. The molecule has 5 nitrogen and oxygen atoms in total. The van der Waals surface area contributed by atoms with Crippen LogP contribution in [0.5, 0.6) is 0 Å². The molecule has 0 aromatic heterocycles. The highest BCUT2D eigenvalue weighted by Crippen LogP contribution is 2.38. The van der Waals surface area contributed by atoms with Crippen LogP contribution in [0.25, 0.3) is 0 Å². The maximum atomic E-state index is 14.0. The van der Waals surface area contributed by atoms with Gasteiger partial charge in [-0.3, -0.25) is 0 Å². The van der Waals surface area contributed by atoms with Crippen LogP contribution in [0.4, 0.5) is 9.18 Å². The first-order valence-electron chi connectivity index (χ1n) is 7.28. The molecular weight excluding hydrogens is 369 g/mol. The smallest absolute Gasteiger partial charge is 0.408 e. The molecule has 0 spiro atoms. The molecule has 0 saturated heterocycles. The van der Waals surface area contributed by atoms with E-state index in [1.54, 1.807) is 26.8 Å². The van der Waals surface area contributed by atoms with Crippen LogP contribution in [0.2, 0.25) is 0 Å². The lowest BCUT2D eigenvalue weighted by Gasteiger charge is -2.25. The molecule has 0 bridgehead atoms. The Bertz CT molecular complexity index is 642. The molecule has 1 aliphatic rings. The van der Waals surface area contributed by atoms with E-state index in [0.29, 0.717) is 28.4 Å². The number of fused-ring (bicyclic) bond motifs is 1. The lowest BCUT2D eigenvalue weighted by Crippen LogP contribution is -2.46. The zero-order chi connectivity index (χ0) is 17.4. The molecule has 2 N–H and O–H groups in total. The van der Waals surface area contributed by atoms with E-state index in [4.69, 9.17) is 4.74 Å². The van der Waals surface area contributed by atoms with Crippen LogP contribution in [-0.2, 0) is 16.0 Å². The summed E-state index contributed by atoms with van der Waals surface area (Å²) in [4.78, 5) is 23.5. The summed E-state index contributed by atoms with van der Waals surface area (Å²) < 4.78 is 19.6. The fourth-order valence-electron chi connectivity index (χ4n) is 2.79. The van der Waals surface area contributed by atoms with Gasteiger partial charge < -0.3 is 15.2 Å². The zero-order valence-corrected chi connectivity index (χ0v) is 14.7. The third kappa shape index (κ3) is 4.22. The molecule has 0 heterocycles. The zero-order valence-electron chi connectivity index (χ0n) is 13.2. The maximum absolute atomic E-state index is 14.0. The van der Waals surface area contributed by atoms with Gasteiger partial charge in [-0.2, -0.15) is 0 Å². The largest absolute Gasteiger partial charge is 0.480 e. The minimum Gasteiger partial charge on any atom is -0.480 e. The van der Waals surface area contributed by atoms with E-state index < -0.39 is 29.6 Å². The molecule has 0 fully saturated rings. The molecule has 1 aromatic rings. The lowest BCUT2D eigenvalue weighted by molar-refractivity contribution is -0.140. The number of halogens is 2. The van der Waals surface area contributed by atoms with Crippen molar-refractivity contribution in [2.45, 2.75) is 51.2 Å². The standard InChI is InChI=1S/C16H19BrFNO4/c1-16(2,3)23-15(22)19-13(14(20)21)10-5-4-9-11(10)6-8(17)7-12(9)18/h6-7,10,13H,4-5H2,1-3H3,(H,19,22)(H,20,21)/t10-,13?/m0/s1. The van der Waals surface area contributed by atoms with Crippen LogP contribution in [0.15, 0.2) is 16.6 Å². The van der Waals surface area contributed by atoms with E-state index in [9.17, 15) is 19.1 Å². The van der Waals surface area contributed by atoms with Crippen molar-refractivity contribution in [2.24, 2.45) is 0 Å². The molecular formula is C16H19BrFNO4. The number of alkyl carbamates (subject to hydrolysis) is 1. The Hall–Kier alpha value is -1.63. The molecule has 2 rings (SSSR count). The van der Waals surface area contributed by atoms with Crippen LogP contribution in [0.3, 0.4) is 0 Å². The lowest BCUT2D eigenvalue weighted by atomic mass is 9.93. The highest BCUT2D eigenvalue weighted by Gasteiger charge is 2.37. The van der Waals surface area contributed by atoms with Gasteiger partial charge in [0.25, 0.3) is 0 Å². The summed E-state index contributed by atoms with van der Waals surface area (Å²) in [6.07, 6.45) is 0.0998. The Morgan fingerprint density at radius 1 is 1.43 bits per heavy atom. The van der Waals surface area contributed by atoms with Gasteiger partial charge in [-0.1, -0.05) is 15.9 Å². The van der Waals surface area contributed by atoms with Gasteiger partial charge in [-0.15, -0.1) is 0 Å². The molecule has 1 aromatic carbocycles. The third-order valence-corrected chi connectivity index (χ3v) is 4.10. The van der Waals surface area contributed by atoms with Crippen LogP contribution in [-0.4, -0.2) is 28.8 Å². The molecule has 1 aliphatic carbocycles. The van der Waals surface area contributed by atoms with Crippen LogP contribution in [0, 0.1) is 5.82 Å². The van der Waals surface area contributed by atoms with Gasteiger partial charge in [0.05, 0.1) is 0 Å². The Labute approximate surface area is 142 Å². The number of carboxylic acids is 1. The first kappa shape index (κ1) is 17.7. The third-order valence-electron chi connectivity index (χ3n) is 3.64. The van der Waals surface area contributed by atoms with E-state index >= 15 is 0 Å². The van der Waals surface area contributed by atoms with E-state index in [2.05, 4.69) is 21.2 Å². The number of hydrogen-bond acceptors (Lipinski definition) is 3. The summed E-state index contributed by atoms with van der Waals surface area (Å²) >= 11 is 3.22. The van der Waals surface area contributed by atoms with Crippen molar-refractivity contribution < 1.29 is 23.8 Å². The number of amides is 1. The molecule has 1 amide bonds. The fraction of sp³-hybridized carbons (Fsp3) is 0.500. The number of hydrogen-bond donors (Lipinski definition) is 2. The number of carboxylic acid groups (broad SMARTS) is 1. The van der Waals surface area contributed by atoms with E-state index in [0.717, 1.165) is 0 Å². The normalized spacial score (nSPS) is 18.2. The number of rotatable bonds is 3. The number of benzene rings is 1. The van der Waals surface area contributed by atoms with Gasteiger partial charge in [-0.05, 0) is 56.9 Å². The quantitative estimate of drug-likeness (QED) is 0.830. The van der Waals surface area contributed by atoms with Crippen molar-refractivity contribution in [3.8, 4) is 0 Å². The molecule has 0 aliphatic heterocycles. The first-order chi connectivity index (χ1) is 10.6. The van der Waals surface area contributed by atoms with Gasteiger partial charge in [0.2, 0.25) is 0 Å². The Kier molecular flexibility index (Phi) is 4.98. The first-order valence-corrected chi connectivity index (χ1v) is 8.08. The summed E-state index contributed by atoms with van der Waals surface area (Å²) in [5.41, 5.74) is 0.395. The number of nitrogens with one attached hydrogen (secondary N) is 1. The van der Waals surface area contributed by atoms with E-state index in [-0.39, 0.29) is 5.82 Å². The monoisotopic (exact) mass is 387 g/mol. The van der Waals surface area contributed by atoms with Crippen molar-refractivity contribution in [2.75, 3.05) is 0 Å². The van der Waals surface area contributed by atoms with Crippen LogP contribution in [0.1, 0.15) is 44.2 Å². The van der Waals surface area contributed by atoms with Crippen molar-refractivity contribution >= 4 is 28.0 Å². The highest BCUT2D eigenvalue weighted by molar-refractivity contribution is 9.10. The second kappa shape index (κ2) is 6.47. The molecule has 1 unspecified atom stereocenters. The van der Waals surface area contributed by atoms with Gasteiger partial charge in [0, 0.05) is 10.4 Å². The molecule has 23 heavy (non-hydrogen) atoms. The highest BCUT2D eigenvalue weighted by atomic mass is 79.9. The van der Waals surface area contributed by atoms with Crippen molar-refractivity contribution in [1.82, 2.24) is 5.32 Å². The molecule has 0 saturated carbocycles. The summed E-state index contributed by atoms with van der Waals surface area (Å²) in [6.45, 7) is 5.08. The summed E-state index contributed by atoms with van der Waals surface area (Å²) in [5, 5.41) is 11.9. The number of carbonyl (C=O) groups is 2. The Balaban J connectivity index is 2.25. The maximum Gasteiger partial charge on any atom is 0.408 e. The molecule has 7 heteroatoms. The van der Waals surface area contributed by atoms with Crippen molar-refractivity contribution in [1.29, 1.82) is 0 Å². The Morgan fingerprint density at radius 2 is 2.09 bits per heavy atom. The average Bonchev–Trinajstić information content (AvgIpc) is 2.77. The minimum atomic E-state index is -1.17. The van der Waals surface area contributed by atoms with Gasteiger partial charge in [-0.25, -0.2) is 14.0 Å². The SMILES string of the molecule is CC(C)(C)OC(=O)NC(C(=O)O)[C@H]1CCc2c(F)cc(Br)cc21. The van der Waals surface area contributed by atoms with Gasteiger partial charge >= 0.3 is 12.1 Å². The summed E-state index contributed by atoms with van der Waals surface area (Å²) in [7, 11) is 0. The van der Waals surface area contributed by atoms with Crippen molar-refractivity contribution in [3.05, 3.63) is 33.5 Å². The fourth-order valence-corrected chi connectivity index (χ4v) is 3.24. The summed E-state index contributed by atoms with van der Waals surface area (Å²) in [6, 6.07) is 1.90. The number of aliphatic carboxylic acids is 1. The Morgan fingerprint density at radius 3 is 2.65 bits per heavy atom. The second-order valence-corrected chi connectivity index (χ2v) is 7.48. The average molecular weight is 388 g/mol. The second-order valence-electron chi connectivity index (χ2n) is 6.56. The van der Waals surface area contributed by atoms with E-state index in [1.807, 2.05) is 0 Å². The van der Waals surface area contributed by atoms with Crippen molar-refractivity contribution in [3.63, 3.8) is 0 Å².